The van der Waals surface area contributed by atoms with Crippen LogP contribution in [0, 0.1) is 0 Å². The Balaban J connectivity index is 1.59. The fourth-order valence-corrected chi connectivity index (χ4v) is 3.21. The number of nitrogens with two attached hydrogens (primary N) is 1. The zero-order chi connectivity index (χ0) is 18.1. The summed E-state index contributed by atoms with van der Waals surface area (Å²) in [7, 11) is 0. The lowest BCUT2D eigenvalue weighted by atomic mass is 10.1. The van der Waals surface area contributed by atoms with Gasteiger partial charge in [-0.15, -0.1) is 0 Å². The number of fused-ring (bicyclic) bond motifs is 1. The van der Waals surface area contributed by atoms with Crippen LogP contribution in [0.5, 0.6) is 0 Å². The van der Waals surface area contributed by atoms with Crippen molar-refractivity contribution in [3.8, 4) is 0 Å². The average molecular weight is 344 g/mol. The Labute approximate surface area is 152 Å². The van der Waals surface area contributed by atoms with Gasteiger partial charge in [-0.3, -0.25) is 9.59 Å². The molecule has 0 atom stereocenters. The van der Waals surface area contributed by atoms with Crippen molar-refractivity contribution >= 4 is 22.6 Å². The van der Waals surface area contributed by atoms with Crippen LogP contribution in [0.3, 0.4) is 0 Å². The second-order valence-corrected chi connectivity index (χ2v) is 6.79. The van der Waals surface area contributed by atoms with Crippen molar-refractivity contribution in [2.75, 3.05) is 0 Å². The van der Waals surface area contributed by atoms with Gasteiger partial charge in [0.05, 0.1) is 0 Å². The molecule has 0 radical (unpaired) electrons. The zero-order valence-corrected chi connectivity index (χ0v) is 14.4. The summed E-state index contributed by atoms with van der Waals surface area (Å²) in [5.41, 5.74) is 7.48. The van der Waals surface area contributed by atoms with E-state index in [0.29, 0.717) is 23.7 Å². The van der Waals surface area contributed by atoms with E-state index in [9.17, 15) is 9.59 Å². The van der Waals surface area contributed by atoms with E-state index < -0.39 is 5.91 Å². The van der Waals surface area contributed by atoms with Crippen molar-refractivity contribution in [2.45, 2.75) is 25.4 Å². The van der Waals surface area contributed by atoms with Crippen molar-refractivity contribution in [1.29, 1.82) is 0 Å². The summed E-state index contributed by atoms with van der Waals surface area (Å²) in [6, 6.07) is 21.3. The van der Waals surface area contributed by atoms with Crippen LogP contribution in [0.1, 0.15) is 39.1 Å². The first-order valence-electron chi connectivity index (χ1n) is 8.80. The molecule has 1 fully saturated rings. The molecule has 0 aromatic heterocycles. The third-order valence-corrected chi connectivity index (χ3v) is 4.84. The average Bonchev–Trinajstić information content (AvgIpc) is 3.50. The predicted molar refractivity (Wildman–Crippen MR) is 102 cm³/mol. The standard InChI is InChI=1S/C22H20N2O2/c23-21(25)17-7-5-15(6-8-17)14-24(20-11-12-20)22(26)19-10-9-16-3-1-2-4-18(16)13-19/h1-10,13,20H,11-12,14H2,(H2,23,25). The van der Waals surface area contributed by atoms with Crippen LogP contribution in [0.25, 0.3) is 10.8 Å². The summed E-state index contributed by atoms with van der Waals surface area (Å²) in [6.07, 6.45) is 2.08. The van der Waals surface area contributed by atoms with E-state index in [1.54, 1.807) is 12.1 Å². The second-order valence-electron chi connectivity index (χ2n) is 6.79. The van der Waals surface area contributed by atoms with Gasteiger partial charge in [-0.05, 0) is 53.4 Å². The maximum atomic E-state index is 13.1. The highest BCUT2D eigenvalue weighted by Gasteiger charge is 2.33. The molecule has 1 aliphatic rings. The minimum atomic E-state index is -0.442. The topological polar surface area (TPSA) is 63.4 Å². The number of benzene rings is 3. The number of hydrogen-bond acceptors (Lipinski definition) is 2. The molecular weight excluding hydrogens is 324 g/mol. The number of nitrogens with zero attached hydrogens (tertiary/aromatic N) is 1. The highest BCUT2D eigenvalue weighted by Crippen LogP contribution is 2.30. The molecule has 4 heteroatoms. The molecule has 2 N–H and O–H groups in total. The van der Waals surface area contributed by atoms with E-state index >= 15 is 0 Å². The van der Waals surface area contributed by atoms with Crippen LogP contribution >= 0.6 is 0 Å². The van der Waals surface area contributed by atoms with Gasteiger partial charge in [-0.25, -0.2) is 0 Å². The SMILES string of the molecule is NC(=O)c1ccc(CN(C(=O)c2ccc3ccccc3c2)C2CC2)cc1. The maximum absolute atomic E-state index is 13.1. The Morgan fingerprint density at radius 1 is 0.885 bits per heavy atom. The number of hydrogen-bond donors (Lipinski definition) is 1. The number of carbonyl (C=O) groups excluding carboxylic acids is 2. The fourth-order valence-electron chi connectivity index (χ4n) is 3.21. The van der Waals surface area contributed by atoms with Gasteiger partial charge >= 0.3 is 0 Å². The zero-order valence-electron chi connectivity index (χ0n) is 14.4. The van der Waals surface area contributed by atoms with Crippen molar-refractivity contribution in [3.63, 3.8) is 0 Å². The summed E-state index contributed by atoms with van der Waals surface area (Å²) in [5.74, 6) is -0.389. The molecule has 0 saturated heterocycles. The molecule has 3 aromatic carbocycles. The van der Waals surface area contributed by atoms with Gasteiger partial charge < -0.3 is 10.6 Å². The molecule has 130 valence electrons. The van der Waals surface area contributed by atoms with Gasteiger partial charge in [0.15, 0.2) is 0 Å². The van der Waals surface area contributed by atoms with Crippen molar-refractivity contribution in [3.05, 3.63) is 83.4 Å². The van der Waals surface area contributed by atoms with Crippen molar-refractivity contribution in [2.24, 2.45) is 5.73 Å². The quantitative estimate of drug-likeness (QED) is 0.766. The Hall–Kier alpha value is -3.14. The molecule has 1 aliphatic carbocycles. The molecule has 0 heterocycles. The first-order valence-corrected chi connectivity index (χ1v) is 8.80. The number of rotatable bonds is 5. The second kappa shape index (κ2) is 6.64. The lowest BCUT2D eigenvalue weighted by Gasteiger charge is -2.23. The Morgan fingerprint density at radius 3 is 2.19 bits per heavy atom. The van der Waals surface area contributed by atoms with Gasteiger partial charge in [0.2, 0.25) is 5.91 Å². The minimum absolute atomic E-state index is 0.0530. The summed E-state index contributed by atoms with van der Waals surface area (Å²) < 4.78 is 0. The third-order valence-electron chi connectivity index (χ3n) is 4.84. The lowest BCUT2D eigenvalue weighted by molar-refractivity contribution is 0.0729. The van der Waals surface area contributed by atoms with Crippen LogP contribution in [0.2, 0.25) is 0 Å². The van der Waals surface area contributed by atoms with Gasteiger partial charge in [0, 0.05) is 23.7 Å². The van der Waals surface area contributed by atoms with Crippen LogP contribution in [0.4, 0.5) is 0 Å². The Morgan fingerprint density at radius 2 is 1.54 bits per heavy atom. The maximum Gasteiger partial charge on any atom is 0.254 e. The van der Waals surface area contributed by atoms with E-state index in [4.69, 9.17) is 5.73 Å². The van der Waals surface area contributed by atoms with Crippen LogP contribution in [-0.2, 0) is 6.54 Å². The fraction of sp³-hybridized carbons (Fsp3) is 0.182. The molecule has 3 aromatic rings. The summed E-state index contributed by atoms with van der Waals surface area (Å²) in [4.78, 5) is 26.2. The number of carbonyl (C=O) groups is 2. The molecule has 0 spiro atoms. The molecule has 26 heavy (non-hydrogen) atoms. The number of amides is 2. The normalized spacial score (nSPS) is 13.5. The molecule has 2 amide bonds. The first-order chi connectivity index (χ1) is 12.6. The molecule has 4 nitrogen and oxygen atoms in total. The highest BCUT2D eigenvalue weighted by atomic mass is 16.2. The third kappa shape index (κ3) is 3.31. The minimum Gasteiger partial charge on any atom is -0.366 e. The number of primary amides is 1. The van der Waals surface area contributed by atoms with Gasteiger partial charge in [-0.2, -0.15) is 0 Å². The smallest absolute Gasteiger partial charge is 0.254 e. The molecule has 1 saturated carbocycles. The Bertz CT molecular complexity index is 975. The Kier molecular flexibility index (Phi) is 4.17. The van der Waals surface area contributed by atoms with Gasteiger partial charge in [0.25, 0.3) is 5.91 Å². The van der Waals surface area contributed by atoms with Crippen LogP contribution < -0.4 is 5.73 Å². The summed E-state index contributed by atoms with van der Waals surface area (Å²) >= 11 is 0. The highest BCUT2D eigenvalue weighted by molar-refractivity contribution is 5.99. The van der Waals surface area contributed by atoms with Crippen molar-refractivity contribution < 1.29 is 9.59 Å². The van der Waals surface area contributed by atoms with E-state index in [0.717, 1.165) is 29.2 Å². The molecule has 4 rings (SSSR count). The predicted octanol–water partition coefficient (Wildman–Crippen LogP) is 3.74. The molecule has 0 bridgehead atoms. The van der Waals surface area contributed by atoms with E-state index in [2.05, 4.69) is 0 Å². The van der Waals surface area contributed by atoms with Gasteiger partial charge in [-0.1, -0.05) is 42.5 Å². The molecule has 0 unspecified atom stereocenters. The van der Waals surface area contributed by atoms with E-state index in [1.165, 1.54) is 0 Å². The first kappa shape index (κ1) is 16.3. The molecule has 0 aliphatic heterocycles. The summed E-state index contributed by atoms with van der Waals surface area (Å²) in [6.45, 7) is 0.537. The van der Waals surface area contributed by atoms with E-state index in [1.807, 2.05) is 59.5 Å². The van der Waals surface area contributed by atoms with Crippen molar-refractivity contribution in [1.82, 2.24) is 4.90 Å². The van der Waals surface area contributed by atoms with Gasteiger partial charge in [0.1, 0.15) is 0 Å². The van der Waals surface area contributed by atoms with Crippen LogP contribution in [0.15, 0.2) is 66.7 Å². The monoisotopic (exact) mass is 344 g/mol. The largest absolute Gasteiger partial charge is 0.366 e. The van der Waals surface area contributed by atoms with Crippen LogP contribution in [-0.4, -0.2) is 22.8 Å². The van der Waals surface area contributed by atoms with E-state index in [-0.39, 0.29) is 5.91 Å². The summed E-state index contributed by atoms with van der Waals surface area (Å²) in [5, 5.41) is 2.20. The lowest BCUT2D eigenvalue weighted by Crippen LogP contribution is -2.32. The molecular formula is C22H20N2O2.